The van der Waals surface area contributed by atoms with E-state index in [-0.39, 0.29) is 0 Å². The number of anilines is 3. The molecule has 0 spiro atoms. The molecule has 0 atom stereocenters. The maximum absolute atomic E-state index is 12.0. The van der Waals surface area contributed by atoms with E-state index in [0.29, 0.717) is 23.5 Å². The van der Waals surface area contributed by atoms with Gasteiger partial charge in [-0.2, -0.15) is 5.10 Å². The van der Waals surface area contributed by atoms with Crippen molar-refractivity contribution in [3.05, 3.63) is 35.7 Å². The van der Waals surface area contributed by atoms with Gasteiger partial charge in [0, 0.05) is 18.9 Å². The second kappa shape index (κ2) is 5.64. The molecule has 6 heteroatoms. The van der Waals surface area contributed by atoms with Crippen molar-refractivity contribution in [3.63, 3.8) is 0 Å². The smallest absolute Gasteiger partial charge is 0.340 e. The predicted octanol–water partition coefficient (Wildman–Crippen LogP) is 2.23. The highest BCUT2D eigenvalue weighted by atomic mass is 16.5. The van der Waals surface area contributed by atoms with Crippen LogP contribution in [0.25, 0.3) is 0 Å². The maximum Gasteiger partial charge on any atom is 0.340 e. The lowest BCUT2D eigenvalue weighted by molar-refractivity contribution is 0.0527. The van der Waals surface area contributed by atoms with Gasteiger partial charge in [-0.3, -0.25) is 4.68 Å². The van der Waals surface area contributed by atoms with Crippen molar-refractivity contribution in [1.82, 2.24) is 9.78 Å². The molecule has 1 aromatic carbocycles. The Kier molecular flexibility index (Phi) is 3.93. The minimum atomic E-state index is -0.399. The molecule has 1 heterocycles. The summed E-state index contributed by atoms with van der Waals surface area (Å²) in [6.45, 7) is 3.98. The molecule has 0 radical (unpaired) electrons. The Morgan fingerprint density at radius 2 is 2.20 bits per heavy atom. The number of hydrogen-bond donors (Lipinski definition) is 2. The molecular formula is C14H18N4O2. The van der Waals surface area contributed by atoms with E-state index < -0.39 is 5.97 Å². The molecule has 0 unspecified atom stereocenters. The van der Waals surface area contributed by atoms with E-state index in [4.69, 9.17) is 10.5 Å². The van der Waals surface area contributed by atoms with E-state index >= 15 is 0 Å². The van der Waals surface area contributed by atoms with Crippen molar-refractivity contribution in [2.45, 2.75) is 13.8 Å². The minimum Gasteiger partial charge on any atom is -0.462 e. The predicted molar refractivity (Wildman–Crippen MR) is 78.0 cm³/mol. The first kappa shape index (κ1) is 13.9. The largest absolute Gasteiger partial charge is 0.462 e. The Morgan fingerprint density at radius 1 is 1.45 bits per heavy atom. The van der Waals surface area contributed by atoms with Gasteiger partial charge in [0.1, 0.15) is 0 Å². The number of nitrogens with one attached hydrogen (secondary N) is 1. The second-order valence-corrected chi connectivity index (χ2v) is 4.45. The second-order valence-electron chi connectivity index (χ2n) is 4.45. The van der Waals surface area contributed by atoms with Crippen LogP contribution in [-0.2, 0) is 11.8 Å². The summed E-state index contributed by atoms with van der Waals surface area (Å²) < 4.78 is 6.75. The van der Waals surface area contributed by atoms with Gasteiger partial charge in [0.05, 0.1) is 29.2 Å². The highest BCUT2D eigenvalue weighted by Gasteiger charge is 2.14. The third kappa shape index (κ3) is 2.90. The van der Waals surface area contributed by atoms with Gasteiger partial charge in [-0.25, -0.2) is 4.79 Å². The number of nitrogens with two attached hydrogens (primary N) is 1. The lowest BCUT2D eigenvalue weighted by atomic mass is 10.1. The minimum absolute atomic E-state index is 0.318. The number of carbonyl (C=O) groups excluding carboxylic acids is 1. The first-order valence-corrected chi connectivity index (χ1v) is 6.35. The summed E-state index contributed by atoms with van der Waals surface area (Å²) in [5, 5.41) is 7.44. The summed E-state index contributed by atoms with van der Waals surface area (Å²) in [6, 6.07) is 5.09. The van der Waals surface area contributed by atoms with Crippen LogP contribution < -0.4 is 11.1 Å². The lowest BCUT2D eigenvalue weighted by Crippen LogP contribution is -2.08. The molecule has 0 aliphatic rings. The average molecular weight is 274 g/mol. The standard InChI is InChI=1S/C14H18N4O2/c1-4-20-14(19)11-7-10(15)5-6-12(11)16-13-8-18(3)17-9(13)2/h5-8,16H,4,15H2,1-3H3. The van der Waals surface area contributed by atoms with Gasteiger partial charge in [-0.05, 0) is 32.0 Å². The molecule has 2 rings (SSSR count). The molecule has 0 amide bonds. The molecule has 2 aromatic rings. The van der Waals surface area contributed by atoms with Crippen LogP contribution >= 0.6 is 0 Å². The third-order valence-corrected chi connectivity index (χ3v) is 2.82. The Hall–Kier alpha value is -2.50. The topological polar surface area (TPSA) is 82.2 Å². The molecule has 0 saturated heterocycles. The summed E-state index contributed by atoms with van der Waals surface area (Å²) >= 11 is 0. The normalized spacial score (nSPS) is 10.3. The first-order chi connectivity index (χ1) is 9.51. The number of aryl methyl sites for hydroxylation is 2. The van der Waals surface area contributed by atoms with Crippen molar-refractivity contribution in [1.29, 1.82) is 0 Å². The summed E-state index contributed by atoms with van der Waals surface area (Å²) in [5.41, 5.74) is 8.99. The summed E-state index contributed by atoms with van der Waals surface area (Å²) in [6.07, 6.45) is 1.85. The van der Waals surface area contributed by atoms with Gasteiger partial charge in [-0.1, -0.05) is 0 Å². The number of benzene rings is 1. The SMILES string of the molecule is CCOC(=O)c1cc(N)ccc1Nc1cn(C)nc1C. The molecule has 3 N–H and O–H groups in total. The number of rotatable bonds is 4. The van der Waals surface area contributed by atoms with Crippen molar-refractivity contribution in [3.8, 4) is 0 Å². The number of aromatic nitrogens is 2. The van der Waals surface area contributed by atoms with Crippen molar-refractivity contribution < 1.29 is 9.53 Å². The Labute approximate surface area is 117 Å². The number of nitrogen functional groups attached to an aromatic ring is 1. The van der Waals surface area contributed by atoms with Crippen molar-refractivity contribution >= 4 is 23.0 Å². The Balaban J connectivity index is 2.36. The summed E-state index contributed by atoms with van der Waals surface area (Å²) in [5.74, 6) is -0.399. The number of ether oxygens (including phenoxy) is 1. The highest BCUT2D eigenvalue weighted by Crippen LogP contribution is 2.25. The molecule has 0 saturated carbocycles. The third-order valence-electron chi connectivity index (χ3n) is 2.82. The molecule has 0 aliphatic heterocycles. The van der Waals surface area contributed by atoms with E-state index in [1.165, 1.54) is 0 Å². The fourth-order valence-electron chi connectivity index (χ4n) is 1.92. The summed E-state index contributed by atoms with van der Waals surface area (Å²) in [4.78, 5) is 12.0. The van der Waals surface area contributed by atoms with Crippen LogP contribution in [0.5, 0.6) is 0 Å². The number of nitrogens with zero attached hydrogens (tertiary/aromatic N) is 2. The zero-order valence-electron chi connectivity index (χ0n) is 11.8. The first-order valence-electron chi connectivity index (χ1n) is 6.35. The molecule has 0 fully saturated rings. The van der Waals surface area contributed by atoms with E-state index in [9.17, 15) is 4.79 Å². The molecule has 106 valence electrons. The fraction of sp³-hybridized carbons (Fsp3) is 0.286. The van der Waals surface area contributed by atoms with Gasteiger partial charge in [-0.15, -0.1) is 0 Å². The van der Waals surface area contributed by atoms with Crippen LogP contribution in [-0.4, -0.2) is 22.4 Å². The Morgan fingerprint density at radius 3 is 2.80 bits per heavy atom. The molecule has 1 aromatic heterocycles. The van der Waals surface area contributed by atoms with Crippen LogP contribution in [0.3, 0.4) is 0 Å². The number of carbonyl (C=O) groups is 1. The summed E-state index contributed by atoms with van der Waals surface area (Å²) in [7, 11) is 1.84. The molecule has 6 nitrogen and oxygen atoms in total. The zero-order valence-corrected chi connectivity index (χ0v) is 11.8. The molecule has 0 bridgehead atoms. The van der Waals surface area contributed by atoms with Crippen LogP contribution in [0.1, 0.15) is 23.0 Å². The van der Waals surface area contributed by atoms with Crippen molar-refractivity contribution in [2.75, 3.05) is 17.7 Å². The zero-order chi connectivity index (χ0) is 14.7. The fourth-order valence-corrected chi connectivity index (χ4v) is 1.92. The maximum atomic E-state index is 12.0. The van der Waals surface area contributed by atoms with Crippen LogP contribution in [0.2, 0.25) is 0 Å². The Bertz CT molecular complexity index is 634. The molecule has 20 heavy (non-hydrogen) atoms. The van der Waals surface area contributed by atoms with Gasteiger partial charge >= 0.3 is 5.97 Å². The van der Waals surface area contributed by atoms with Gasteiger partial charge in [0.15, 0.2) is 0 Å². The molecular weight excluding hydrogens is 256 g/mol. The number of hydrogen-bond acceptors (Lipinski definition) is 5. The van der Waals surface area contributed by atoms with E-state index in [1.807, 2.05) is 20.2 Å². The quantitative estimate of drug-likeness (QED) is 0.660. The van der Waals surface area contributed by atoms with Gasteiger partial charge in [0.2, 0.25) is 0 Å². The van der Waals surface area contributed by atoms with E-state index in [2.05, 4.69) is 10.4 Å². The van der Waals surface area contributed by atoms with Gasteiger partial charge in [0.25, 0.3) is 0 Å². The monoisotopic (exact) mass is 274 g/mol. The highest BCUT2D eigenvalue weighted by molar-refractivity contribution is 5.97. The lowest BCUT2D eigenvalue weighted by Gasteiger charge is -2.11. The van der Waals surface area contributed by atoms with Crippen LogP contribution in [0.15, 0.2) is 24.4 Å². The molecule has 0 aliphatic carbocycles. The average Bonchev–Trinajstić information content (AvgIpc) is 2.70. The van der Waals surface area contributed by atoms with E-state index in [0.717, 1.165) is 11.4 Å². The van der Waals surface area contributed by atoms with Crippen molar-refractivity contribution in [2.24, 2.45) is 7.05 Å². The van der Waals surface area contributed by atoms with Crippen LogP contribution in [0, 0.1) is 6.92 Å². The van der Waals surface area contributed by atoms with Crippen LogP contribution in [0.4, 0.5) is 17.1 Å². The van der Waals surface area contributed by atoms with Gasteiger partial charge < -0.3 is 15.8 Å². The number of esters is 1. The van der Waals surface area contributed by atoms with E-state index in [1.54, 1.807) is 29.8 Å².